The van der Waals surface area contributed by atoms with Crippen LogP contribution in [0.2, 0.25) is 0 Å². The molecule has 0 bridgehead atoms. The fourth-order valence-corrected chi connectivity index (χ4v) is 4.25. The van der Waals surface area contributed by atoms with Crippen molar-refractivity contribution in [2.24, 2.45) is 0 Å². The molecule has 0 radical (unpaired) electrons. The zero-order valence-corrected chi connectivity index (χ0v) is 16.3. The number of benzene rings is 2. The van der Waals surface area contributed by atoms with Gasteiger partial charge in [-0.2, -0.15) is 10.1 Å². The summed E-state index contributed by atoms with van der Waals surface area (Å²) in [5.74, 6) is 0.820. The first-order chi connectivity index (χ1) is 13.7. The van der Waals surface area contributed by atoms with E-state index in [0.29, 0.717) is 0 Å². The smallest absolute Gasteiger partial charge is 0.226 e. The van der Waals surface area contributed by atoms with E-state index >= 15 is 0 Å². The molecule has 0 saturated heterocycles. The van der Waals surface area contributed by atoms with Gasteiger partial charge in [-0.1, -0.05) is 59.7 Å². The zero-order chi connectivity index (χ0) is 19.1. The quantitative estimate of drug-likeness (QED) is 0.656. The van der Waals surface area contributed by atoms with E-state index in [1.54, 1.807) is 6.33 Å². The Labute approximate surface area is 165 Å². The van der Waals surface area contributed by atoms with E-state index in [2.05, 4.69) is 83.9 Å². The first kappa shape index (κ1) is 17.0. The van der Waals surface area contributed by atoms with E-state index in [1.807, 2.05) is 4.68 Å². The monoisotopic (exact) mass is 368 g/mol. The van der Waals surface area contributed by atoms with Crippen molar-refractivity contribution < 1.29 is 0 Å². The number of nitrogens with zero attached hydrogens (tertiary/aromatic N) is 3. The van der Waals surface area contributed by atoms with Crippen molar-refractivity contribution in [1.82, 2.24) is 14.8 Å². The topological polar surface area (TPSA) is 42.7 Å². The van der Waals surface area contributed by atoms with E-state index in [-0.39, 0.29) is 6.04 Å². The molecule has 0 amide bonds. The SMILES string of the molecule is Cc1ccc(C=C2CCCC3=C2Nc2ncnn2C3c2ccc(C)cc2)cc1. The first-order valence-electron chi connectivity index (χ1n) is 9.93. The normalized spacial score (nSPS) is 19.9. The third kappa shape index (κ3) is 2.95. The summed E-state index contributed by atoms with van der Waals surface area (Å²) in [7, 11) is 0. The molecule has 1 aliphatic heterocycles. The number of fused-ring (bicyclic) bond motifs is 1. The summed E-state index contributed by atoms with van der Waals surface area (Å²) >= 11 is 0. The van der Waals surface area contributed by atoms with Gasteiger partial charge in [-0.25, -0.2) is 4.68 Å². The Morgan fingerprint density at radius 1 is 0.964 bits per heavy atom. The molecular formula is C24H24N4. The molecule has 4 nitrogen and oxygen atoms in total. The van der Waals surface area contributed by atoms with Crippen LogP contribution in [0.25, 0.3) is 6.08 Å². The number of rotatable bonds is 2. The minimum atomic E-state index is 0.107. The summed E-state index contributed by atoms with van der Waals surface area (Å²) < 4.78 is 2.03. The summed E-state index contributed by atoms with van der Waals surface area (Å²) in [4.78, 5) is 4.47. The van der Waals surface area contributed by atoms with Crippen molar-refractivity contribution in [3.8, 4) is 0 Å². The van der Waals surface area contributed by atoms with E-state index in [4.69, 9.17) is 0 Å². The summed E-state index contributed by atoms with van der Waals surface area (Å²) in [6.45, 7) is 4.25. The van der Waals surface area contributed by atoms with Gasteiger partial charge in [-0.3, -0.25) is 0 Å². The molecule has 1 aromatic heterocycles. The molecule has 2 heterocycles. The highest BCUT2D eigenvalue weighted by molar-refractivity contribution is 5.65. The average Bonchev–Trinajstić information content (AvgIpc) is 3.17. The maximum atomic E-state index is 4.54. The fourth-order valence-electron chi connectivity index (χ4n) is 4.25. The van der Waals surface area contributed by atoms with Crippen LogP contribution < -0.4 is 5.32 Å². The maximum absolute atomic E-state index is 4.54. The summed E-state index contributed by atoms with van der Waals surface area (Å²) in [6.07, 6.45) is 7.27. The largest absolute Gasteiger partial charge is 0.324 e. The van der Waals surface area contributed by atoms with Gasteiger partial charge in [0.25, 0.3) is 0 Å². The van der Waals surface area contributed by atoms with Crippen molar-refractivity contribution in [1.29, 1.82) is 0 Å². The van der Waals surface area contributed by atoms with Gasteiger partial charge in [0.15, 0.2) is 0 Å². The second-order valence-electron chi connectivity index (χ2n) is 7.80. The van der Waals surface area contributed by atoms with Gasteiger partial charge < -0.3 is 5.32 Å². The molecule has 1 unspecified atom stereocenters. The lowest BCUT2D eigenvalue weighted by molar-refractivity contribution is 0.538. The molecule has 2 aromatic carbocycles. The standard InChI is InChI=1S/C24H24N4/c1-16-6-10-18(11-7-16)14-20-4-3-5-21-22(20)27-24-25-15-26-28(24)23(21)19-12-8-17(2)9-13-19/h6-15,23H,3-5H2,1-2H3,(H,25,26,27). The van der Waals surface area contributed by atoms with Gasteiger partial charge in [0.1, 0.15) is 12.4 Å². The van der Waals surface area contributed by atoms with E-state index in [9.17, 15) is 0 Å². The Bertz CT molecular complexity index is 1070. The van der Waals surface area contributed by atoms with Gasteiger partial charge >= 0.3 is 0 Å². The third-order valence-electron chi connectivity index (χ3n) is 5.73. The molecule has 3 aromatic rings. The molecule has 1 aliphatic carbocycles. The highest BCUT2D eigenvalue weighted by Gasteiger charge is 2.33. The molecular weight excluding hydrogens is 344 g/mol. The Hall–Kier alpha value is -3.14. The number of aryl methyl sites for hydroxylation is 2. The Kier molecular flexibility index (Phi) is 4.12. The number of aromatic nitrogens is 3. The molecule has 28 heavy (non-hydrogen) atoms. The van der Waals surface area contributed by atoms with Gasteiger partial charge in [0.2, 0.25) is 5.95 Å². The lowest BCUT2D eigenvalue weighted by Crippen LogP contribution is -2.28. The van der Waals surface area contributed by atoms with Crippen molar-refractivity contribution in [3.05, 3.63) is 94.0 Å². The predicted molar refractivity (Wildman–Crippen MR) is 113 cm³/mol. The van der Waals surface area contributed by atoms with Gasteiger partial charge in [-0.15, -0.1) is 0 Å². The molecule has 0 fully saturated rings. The fraction of sp³-hybridized carbons (Fsp3) is 0.250. The van der Waals surface area contributed by atoms with Crippen LogP contribution in [0.4, 0.5) is 5.95 Å². The van der Waals surface area contributed by atoms with Crippen LogP contribution in [0.3, 0.4) is 0 Å². The first-order valence-corrected chi connectivity index (χ1v) is 9.93. The van der Waals surface area contributed by atoms with Crippen molar-refractivity contribution >= 4 is 12.0 Å². The Morgan fingerprint density at radius 2 is 1.68 bits per heavy atom. The average molecular weight is 368 g/mol. The second kappa shape index (κ2) is 6.79. The molecule has 140 valence electrons. The van der Waals surface area contributed by atoms with Crippen LogP contribution in [-0.2, 0) is 0 Å². The number of allylic oxidation sites excluding steroid dienone is 2. The summed E-state index contributed by atoms with van der Waals surface area (Å²) in [6, 6.07) is 17.6. The molecule has 0 spiro atoms. The molecule has 2 aliphatic rings. The van der Waals surface area contributed by atoms with Crippen molar-refractivity contribution in [3.63, 3.8) is 0 Å². The van der Waals surface area contributed by atoms with Gasteiger partial charge in [0, 0.05) is 5.70 Å². The zero-order valence-electron chi connectivity index (χ0n) is 16.3. The number of anilines is 1. The molecule has 1 N–H and O–H groups in total. The van der Waals surface area contributed by atoms with Crippen LogP contribution in [0.5, 0.6) is 0 Å². The maximum Gasteiger partial charge on any atom is 0.226 e. The van der Waals surface area contributed by atoms with Crippen molar-refractivity contribution in [2.75, 3.05) is 5.32 Å². The van der Waals surface area contributed by atoms with Gasteiger partial charge in [-0.05, 0) is 61.5 Å². The highest BCUT2D eigenvalue weighted by atomic mass is 15.4. The van der Waals surface area contributed by atoms with Crippen LogP contribution in [0.15, 0.2) is 71.7 Å². The molecule has 0 saturated carbocycles. The van der Waals surface area contributed by atoms with Crippen molar-refractivity contribution in [2.45, 2.75) is 39.2 Å². The molecule has 1 atom stereocenters. The Balaban J connectivity index is 1.63. The predicted octanol–water partition coefficient (Wildman–Crippen LogP) is 5.43. The minimum absolute atomic E-state index is 0.107. The number of hydrogen-bond donors (Lipinski definition) is 1. The lowest BCUT2D eigenvalue weighted by Gasteiger charge is -2.34. The number of hydrogen-bond acceptors (Lipinski definition) is 3. The summed E-state index contributed by atoms with van der Waals surface area (Å²) in [5.41, 5.74) is 9.07. The minimum Gasteiger partial charge on any atom is -0.324 e. The van der Waals surface area contributed by atoms with Gasteiger partial charge in [0.05, 0.1) is 0 Å². The van der Waals surface area contributed by atoms with E-state index in [0.717, 1.165) is 25.2 Å². The highest BCUT2D eigenvalue weighted by Crippen LogP contribution is 2.43. The van der Waals surface area contributed by atoms with E-state index in [1.165, 1.54) is 39.1 Å². The van der Waals surface area contributed by atoms with Crippen LogP contribution >= 0.6 is 0 Å². The Morgan fingerprint density at radius 3 is 2.43 bits per heavy atom. The van der Waals surface area contributed by atoms with Crippen LogP contribution in [0.1, 0.15) is 47.6 Å². The lowest BCUT2D eigenvalue weighted by atomic mass is 9.83. The third-order valence-corrected chi connectivity index (χ3v) is 5.73. The van der Waals surface area contributed by atoms with Crippen LogP contribution in [0, 0.1) is 13.8 Å². The number of nitrogens with one attached hydrogen (secondary N) is 1. The van der Waals surface area contributed by atoms with E-state index < -0.39 is 0 Å². The molecule has 4 heteroatoms. The second-order valence-corrected chi connectivity index (χ2v) is 7.80. The molecule has 5 rings (SSSR count). The van der Waals surface area contributed by atoms with Crippen LogP contribution in [-0.4, -0.2) is 14.8 Å². The summed E-state index contributed by atoms with van der Waals surface area (Å²) in [5, 5.41) is 8.11.